The lowest BCUT2D eigenvalue weighted by molar-refractivity contribution is -0.140. The summed E-state index contributed by atoms with van der Waals surface area (Å²) in [5.41, 5.74) is 1.19. The summed E-state index contributed by atoms with van der Waals surface area (Å²) < 4.78 is 5.20. The summed E-state index contributed by atoms with van der Waals surface area (Å²) in [6.07, 6.45) is 1.73. The van der Waals surface area contributed by atoms with Crippen LogP contribution >= 0.6 is 0 Å². The van der Waals surface area contributed by atoms with E-state index in [0.29, 0.717) is 36.1 Å². The molecule has 0 unspecified atom stereocenters. The van der Waals surface area contributed by atoms with E-state index in [-0.39, 0.29) is 24.3 Å². The van der Waals surface area contributed by atoms with Gasteiger partial charge in [0.1, 0.15) is 11.5 Å². The van der Waals surface area contributed by atoms with E-state index in [1.807, 2.05) is 0 Å². The summed E-state index contributed by atoms with van der Waals surface area (Å²) >= 11 is 0. The van der Waals surface area contributed by atoms with Crippen LogP contribution in [0.25, 0.3) is 5.76 Å². The lowest BCUT2D eigenvalue weighted by Crippen LogP contribution is -2.30. The third-order valence-electron chi connectivity index (χ3n) is 5.31. The van der Waals surface area contributed by atoms with Gasteiger partial charge in [-0.25, -0.2) is 0 Å². The largest absolute Gasteiger partial charge is 0.507 e. The van der Waals surface area contributed by atoms with Crippen LogP contribution in [0.4, 0.5) is 0 Å². The number of nitrogens with zero attached hydrogens (tertiary/aromatic N) is 1. The number of unbranched alkanes of at least 4 members (excludes halogenated alkanes) is 2. The van der Waals surface area contributed by atoms with Gasteiger partial charge in [-0.2, -0.15) is 0 Å². The maximum atomic E-state index is 12.9. The van der Waals surface area contributed by atoms with Crippen molar-refractivity contribution in [1.82, 2.24) is 4.90 Å². The molecule has 3 rings (SSSR count). The van der Waals surface area contributed by atoms with Crippen molar-refractivity contribution in [3.8, 4) is 5.75 Å². The monoisotopic (exact) mass is 423 g/mol. The standard InChI is InChI=1S/C24H25NO6/c1-31-18-13-11-16(12-14-18)21-20(22(28)17-8-4-2-5-9-17)23(29)24(30)25(21)15-7-3-6-10-19(26)27/h2,4-5,8-9,11-14,21,28H,3,6-7,10,15H2,1H3,(H,26,27)/b22-20+/t21-/m0/s1. The Morgan fingerprint density at radius 3 is 2.26 bits per heavy atom. The highest BCUT2D eigenvalue weighted by atomic mass is 16.5. The second-order valence-corrected chi connectivity index (χ2v) is 7.34. The number of aliphatic hydroxyl groups is 1. The molecule has 2 aromatic carbocycles. The maximum absolute atomic E-state index is 12.9. The number of ketones is 1. The number of rotatable bonds is 9. The van der Waals surface area contributed by atoms with Crippen LogP contribution in [0.1, 0.15) is 42.9 Å². The van der Waals surface area contributed by atoms with Crippen LogP contribution < -0.4 is 4.74 Å². The first-order valence-corrected chi connectivity index (χ1v) is 10.1. The average Bonchev–Trinajstić information content (AvgIpc) is 3.03. The van der Waals surface area contributed by atoms with Crippen molar-refractivity contribution < 1.29 is 29.3 Å². The first kappa shape index (κ1) is 22.1. The normalized spacial score (nSPS) is 17.7. The third kappa shape index (κ3) is 4.94. The zero-order chi connectivity index (χ0) is 22.4. The van der Waals surface area contributed by atoms with Gasteiger partial charge in [0, 0.05) is 18.5 Å². The molecule has 1 saturated heterocycles. The van der Waals surface area contributed by atoms with Crippen LogP contribution in [0.3, 0.4) is 0 Å². The Hall–Kier alpha value is -3.61. The molecule has 0 spiro atoms. The highest BCUT2D eigenvalue weighted by Crippen LogP contribution is 2.39. The molecule has 1 amide bonds. The van der Waals surface area contributed by atoms with Gasteiger partial charge >= 0.3 is 5.97 Å². The number of carbonyl (C=O) groups excluding carboxylic acids is 2. The van der Waals surface area contributed by atoms with E-state index < -0.39 is 23.7 Å². The molecule has 0 radical (unpaired) electrons. The predicted octanol–water partition coefficient (Wildman–Crippen LogP) is 3.76. The molecule has 2 aromatic rings. The van der Waals surface area contributed by atoms with Gasteiger partial charge in [0.05, 0.1) is 18.7 Å². The van der Waals surface area contributed by atoms with E-state index in [1.165, 1.54) is 4.90 Å². The number of aliphatic carboxylic acids is 1. The number of amides is 1. The number of hydrogen-bond acceptors (Lipinski definition) is 5. The van der Waals surface area contributed by atoms with Gasteiger partial charge < -0.3 is 19.8 Å². The Balaban J connectivity index is 1.96. The molecule has 7 nitrogen and oxygen atoms in total. The second-order valence-electron chi connectivity index (χ2n) is 7.34. The molecule has 1 aliphatic heterocycles. The molecule has 1 fully saturated rings. The Labute approximate surface area is 180 Å². The summed E-state index contributed by atoms with van der Waals surface area (Å²) in [4.78, 5) is 37.9. The fourth-order valence-electron chi connectivity index (χ4n) is 3.73. The number of carboxylic acid groups (broad SMARTS) is 1. The van der Waals surface area contributed by atoms with E-state index in [0.717, 1.165) is 0 Å². The molecule has 31 heavy (non-hydrogen) atoms. The molecule has 1 atom stereocenters. The summed E-state index contributed by atoms with van der Waals surface area (Å²) in [7, 11) is 1.55. The van der Waals surface area contributed by atoms with Crippen LogP contribution in [-0.4, -0.2) is 46.4 Å². The van der Waals surface area contributed by atoms with Crippen molar-refractivity contribution in [2.24, 2.45) is 0 Å². The number of likely N-dealkylation sites (tertiary alicyclic amines) is 1. The molecular weight excluding hydrogens is 398 g/mol. The fourth-order valence-corrected chi connectivity index (χ4v) is 3.73. The van der Waals surface area contributed by atoms with E-state index in [2.05, 4.69) is 0 Å². The number of carboxylic acids is 1. The zero-order valence-corrected chi connectivity index (χ0v) is 17.3. The van der Waals surface area contributed by atoms with Gasteiger partial charge in [0.2, 0.25) is 0 Å². The number of carbonyl (C=O) groups is 3. The van der Waals surface area contributed by atoms with Crippen molar-refractivity contribution in [2.75, 3.05) is 13.7 Å². The third-order valence-corrected chi connectivity index (χ3v) is 5.31. The SMILES string of the molecule is COc1ccc([C@H]2/C(=C(\O)c3ccccc3)C(=O)C(=O)N2CCCCCC(=O)O)cc1. The number of hydrogen-bond donors (Lipinski definition) is 2. The van der Waals surface area contributed by atoms with E-state index >= 15 is 0 Å². The van der Waals surface area contributed by atoms with Crippen molar-refractivity contribution >= 4 is 23.4 Å². The minimum Gasteiger partial charge on any atom is -0.507 e. The zero-order valence-electron chi connectivity index (χ0n) is 17.3. The number of aliphatic hydroxyl groups excluding tert-OH is 1. The summed E-state index contributed by atoms with van der Waals surface area (Å²) in [6.45, 7) is 0.284. The van der Waals surface area contributed by atoms with Gasteiger partial charge in [-0.15, -0.1) is 0 Å². The van der Waals surface area contributed by atoms with Crippen molar-refractivity contribution in [3.63, 3.8) is 0 Å². The first-order valence-electron chi connectivity index (χ1n) is 10.1. The lowest BCUT2D eigenvalue weighted by atomic mass is 9.95. The quantitative estimate of drug-likeness (QED) is 0.275. The Morgan fingerprint density at radius 1 is 0.968 bits per heavy atom. The molecule has 7 heteroatoms. The van der Waals surface area contributed by atoms with Gasteiger partial charge in [0.15, 0.2) is 0 Å². The Bertz CT molecular complexity index is 981. The van der Waals surface area contributed by atoms with E-state index in [1.54, 1.807) is 61.7 Å². The van der Waals surface area contributed by atoms with Crippen molar-refractivity contribution in [2.45, 2.75) is 31.7 Å². The molecule has 1 heterocycles. The summed E-state index contributed by atoms with van der Waals surface area (Å²) in [6, 6.07) is 14.9. The number of methoxy groups -OCH3 is 1. The van der Waals surface area contributed by atoms with Crippen LogP contribution in [0.2, 0.25) is 0 Å². The maximum Gasteiger partial charge on any atom is 0.303 e. The number of ether oxygens (including phenoxy) is 1. The molecule has 0 saturated carbocycles. The van der Waals surface area contributed by atoms with Gasteiger partial charge in [0.25, 0.3) is 11.7 Å². The van der Waals surface area contributed by atoms with Crippen LogP contribution in [0.5, 0.6) is 5.75 Å². The number of benzene rings is 2. The highest BCUT2D eigenvalue weighted by molar-refractivity contribution is 6.46. The predicted molar refractivity (Wildman–Crippen MR) is 115 cm³/mol. The molecular formula is C24H25NO6. The minimum absolute atomic E-state index is 0.0481. The molecule has 162 valence electrons. The molecule has 0 bridgehead atoms. The van der Waals surface area contributed by atoms with Crippen molar-refractivity contribution in [3.05, 3.63) is 71.3 Å². The fraction of sp³-hybridized carbons (Fsp3) is 0.292. The van der Waals surface area contributed by atoms with Crippen molar-refractivity contribution in [1.29, 1.82) is 0 Å². The minimum atomic E-state index is -0.860. The topological polar surface area (TPSA) is 104 Å². The lowest BCUT2D eigenvalue weighted by Gasteiger charge is -2.25. The smallest absolute Gasteiger partial charge is 0.303 e. The first-order chi connectivity index (χ1) is 14.9. The van der Waals surface area contributed by atoms with E-state index in [9.17, 15) is 19.5 Å². The number of Topliss-reactive ketones (excluding diaryl/α,β-unsaturated/α-hetero) is 1. The van der Waals surface area contributed by atoms with Crippen LogP contribution in [0.15, 0.2) is 60.2 Å². The Morgan fingerprint density at radius 2 is 1.65 bits per heavy atom. The molecule has 2 N–H and O–H groups in total. The van der Waals surface area contributed by atoms with Crippen LogP contribution in [0, 0.1) is 0 Å². The summed E-state index contributed by atoms with van der Waals surface area (Å²) in [5.74, 6) is -1.84. The molecule has 1 aliphatic rings. The molecule has 0 aliphatic carbocycles. The molecule has 0 aromatic heterocycles. The second kappa shape index (κ2) is 9.93. The average molecular weight is 423 g/mol. The Kier molecular flexibility index (Phi) is 7.07. The van der Waals surface area contributed by atoms with Crippen LogP contribution in [-0.2, 0) is 14.4 Å². The van der Waals surface area contributed by atoms with Gasteiger partial charge in [-0.1, -0.05) is 48.9 Å². The highest BCUT2D eigenvalue weighted by Gasteiger charge is 2.45. The van der Waals surface area contributed by atoms with E-state index in [4.69, 9.17) is 9.84 Å². The van der Waals surface area contributed by atoms with Gasteiger partial charge in [-0.05, 0) is 30.5 Å². The van der Waals surface area contributed by atoms with Gasteiger partial charge in [-0.3, -0.25) is 14.4 Å². The summed E-state index contributed by atoms with van der Waals surface area (Å²) in [5, 5.41) is 19.7.